The fraction of sp³-hybridized carbons (Fsp3) is 0.583. The minimum absolute atomic E-state index is 0.208. The lowest BCUT2D eigenvalue weighted by molar-refractivity contribution is 0.0924. The Morgan fingerprint density at radius 1 is 1.45 bits per heavy atom. The van der Waals surface area contributed by atoms with Crippen molar-refractivity contribution < 1.29 is 13.2 Å². The zero-order valence-corrected chi connectivity index (χ0v) is 12.1. The van der Waals surface area contributed by atoms with Gasteiger partial charge in [0.2, 0.25) is 10.0 Å². The summed E-state index contributed by atoms with van der Waals surface area (Å²) in [5, 5.41) is 2.92. The van der Waals surface area contributed by atoms with Crippen LogP contribution in [0.2, 0.25) is 0 Å². The standard InChI is InChI=1S/C12H16N4O3S/c1-8-4-14-10(5-13-8)11(17)15-12-3-9(12)6-16(7-12)20(2,18)19/h4-5,9H,3,6-7H2,1-2H3,(H,15,17)/t9-,12-/m0/s1. The maximum absolute atomic E-state index is 12.1. The number of aryl methyl sites for hydroxylation is 1. The Balaban J connectivity index is 1.70. The number of piperidine rings is 1. The molecule has 1 aliphatic carbocycles. The zero-order valence-electron chi connectivity index (χ0n) is 11.3. The highest BCUT2D eigenvalue weighted by Crippen LogP contribution is 2.50. The number of hydrogen-bond donors (Lipinski definition) is 1. The lowest BCUT2D eigenvalue weighted by Crippen LogP contribution is -2.43. The molecular formula is C12H16N4O3S. The van der Waals surface area contributed by atoms with Gasteiger partial charge in [-0.1, -0.05) is 0 Å². The van der Waals surface area contributed by atoms with E-state index in [1.165, 1.54) is 23.0 Å². The van der Waals surface area contributed by atoms with Gasteiger partial charge in [0.1, 0.15) is 5.69 Å². The number of sulfonamides is 1. The Kier molecular flexibility index (Phi) is 2.84. The van der Waals surface area contributed by atoms with Crippen molar-refractivity contribution >= 4 is 15.9 Å². The van der Waals surface area contributed by atoms with Crippen molar-refractivity contribution in [3.63, 3.8) is 0 Å². The normalized spacial score (nSPS) is 29.0. The first kappa shape index (κ1) is 13.4. The Bertz CT molecular complexity index is 658. The predicted octanol–water partition coefficient (Wildman–Crippen LogP) is -0.451. The van der Waals surface area contributed by atoms with E-state index in [0.29, 0.717) is 13.1 Å². The Labute approximate surface area is 117 Å². The number of aromatic nitrogens is 2. The van der Waals surface area contributed by atoms with E-state index in [2.05, 4.69) is 15.3 Å². The van der Waals surface area contributed by atoms with Crippen LogP contribution < -0.4 is 5.32 Å². The van der Waals surface area contributed by atoms with Crippen LogP contribution in [0.3, 0.4) is 0 Å². The van der Waals surface area contributed by atoms with Crippen molar-refractivity contribution in [2.24, 2.45) is 5.92 Å². The van der Waals surface area contributed by atoms with E-state index in [4.69, 9.17) is 0 Å². The molecule has 1 aromatic rings. The van der Waals surface area contributed by atoms with E-state index >= 15 is 0 Å². The summed E-state index contributed by atoms with van der Waals surface area (Å²) in [6.45, 7) is 2.63. The molecule has 2 atom stereocenters. The fourth-order valence-electron chi connectivity index (χ4n) is 2.68. The molecule has 0 bridgehead atoms. The van der Waals surface area contributed by atoms with Crippen LogP contribution in [0.15, 0.2) is 12.4 Å². The highest BCUT2D eigenvalue weighted by Gasteiger charge is 2.62. The van der Waals surface area contributed by atoms with Gasteiger partial charge in [-0.25, -0.2) is 13.4 Å². The molecule has 1 aromatic heterocycles. The topological polar surface area (TPSA) is 92.3 Å². The Hall–Kier alpha value is -1.54. The summed E-state index contributed by atoms with van der Waals surface area (Å²) >= 11 is 0. The molecule has 2 fully saturated rings. The molecular weight excluding hydrogens is 280 g/mol. The van der Waals surface area contributed by atoms with Crippen LogP contribution in [0.25, 0.3) is 0 Å². The van der Waals surface area contributed by atoms with E-state index in [9.17, 15) is 13.2 Å². The average molecular weight is 296 g/mol. The number of rotatable bonds is 3. The van der Waals surface area contributed by atoms with Crippen LogP contribution in [-0.4, -0.2) is 53.5 Å². The van der Waals surface area contributed by atoms with E-state index < -0.39 is 15.6 Å². The second-order valence-corrected chi connectivity index (χ2v) is 7.59. The first-order chi connectivity index (χ1) is 9.30. The van der Waals surface area contributed by atoms with Gasteiger partial charge in [-0.15, -0.1) is 0 Å². The molecule has 1 saturated carbocycles. The second-order valence-electron chi connectivity index (χ2n) is 5.61. The van der Waals surface area contributed by atoms with Crippen LogP contribution in [-0.2, 0) is 10.0 Å². The quantitative estimate of drug-likeness (QED) is 0.815. The molecule has 1 aliphatic heterocycles. The molecule has 20 heavy (non-hydrogen) atoms. The summed E-state index contributed by atoms with van der Waals surface area (Å²) in [5.41, 5.74) is 0.591. The molecule has 1 saturated heterocycles. The van der Waals surface area contributed by atoms with Gasteiger partial charge in [0.05, 0.1) is 23.7 Å². The van der Waals surface area contributed by atoms with Crippen molar-refractivity contribution in [1.82, 2.24) is 19.6 Å². The lowest BCUT2D eigenvalue weighted by atomic mass is 10.2. The molecule has 8 heteroatoms. The van der Waals surface area contributed by atoms with Crippen molar-refractivity contribution in [3.8, 4) is 0 Å². The van der Waals surface area contributed by atoms with Gasteiger partial charge in [-0.3, -0.25) is 9.78 Å². The second kappa shape index (κ2) is 4.23. The highest BCUT2D eigenvalue weighted by molar-refractivity contribution is 7.88. The zero-order chi connectivity index (χ0) is 14.5. The maximum atomic E-state index is 12.1. The minimum Gasteiger partial charge on any atom is -0.344 e. The first-order valence-corrected chi connectivity index (χ1v) is 8.21. The third-order valence-corrected chi connectivity index (χ3v) is 5.18. The molecule has 2 aliphatic rings. The minimum atomic E-state index is -3.20. The number of hydrogen-bond acceptors (Lipinski definition) is 5. The summed E-state index contributed by atoms with van der Waals surface area (Å²) in [6.07, 6.45) is 4.99. The number of nitrogens with one attached hydrogen (secondary N) is 1. The third-order valence-electron chi connectivity index (χ3n) is 3.96. The monoisotopic (exact) mass is 296 g/mol. The summed E-state index contributed by atoms with van der Waals surface area (Å²) in [7, 11) is -3.20. The number of nitrogens with zero attached hydrogens (tertiary/aromatic N) is 3. The first-order valence-electron chi connectivity index (χ1n) is 6.36. The summed E-state index contributed by atoms with van der Waals surface area (Å²) in [5.74, 6) is -0.0880. The largest absolute Gasteiger partial charge is 0.344 e. The number of carbonyl (C=O) groups is 1. The molecule has 0 radical (unpaired) electrons. The van der Waals surface area contributed by atoms with E-state index in [-0.39, 0.29) is 17.5 Å². The van der Waals surface area contributed by atoms with Crippen LogP contribution in [0.4, 0.5) is 0 Å². The molecule has 0 aromatic carbocycles. The molecule has 1 N–H and O–H groups in total. The summed E-state index contributed by atoms with van der Waals surface area (Å²) in [6, 6.07) is 0. The van der Waals surface area contributed by atoms with E-state index in [1.807, 2.05) is 0 Å². The average Bonchev–Trinajstić information content (AvgIpc) is 2.89. The van der Waals surface area contributed by atoms with Gasteiger partial charge in [0.25, 0.3) is 5.91 Å². The maximum Gasteiger partial charge on any atom is 0.271 e. The predicted molar refractivity (Wildman–Crippen MR) is 71.5 cm³/mol. The molecule has 3 rings (SSSR count). The third kappa shape index (κ3) is 2.29. The van der Waals surface area contributed by atoms with Gasteiger partial charge < -0.3 is 5.32 Å². The van der Waals surface area contributed by atoms with Gasteiger partial charge in [0, 0.05) is 19.3 Å². The van der Waals surface area contributed by atoms with Crippen molar-refractivity contribution in [2.75, 3.05) is 19.3 Å². The summed E-state index contributed by atoms with van der Waals surface area (Å²) < 4.78 is 24.5. The van der Waals surface area contributed by atoms with Crippen molar-refractivity contribution in [2.45, 2.75) is 18.9 Å². The van der Waals surface area contributed by atoms with Crippen LogP contribution in [0, 0.1) is 12.8 Å². The highest BCUT2D eigenvalue weighted by atomic mass is 32.2. The van der Waals surface area contributed by atoms with Gasteiger partial charge in [-0.2, -0.15) is 4.31 Å². The lowest BCUT2D eigenvalue weighted by Gasteiger charge is -2.19. The van der Waals surface area contributed by atoms with E-state index in [0.717, 1.165) is 12.1 Å². The SMILES string of the molecule is Cc1cnc(C(=O)N[C@]23C[C@H]2CN(S(C)(=O)=O)C3)cn1. The Morgan fingerprint density at radius 2 is 2.20 bits per heavy atom. The van der Waals surface area contributed by atoms with Crippen molar-refractivity contribution in [3.05, 3.63) is 23.8 Å². The van der Waals surface area contributed by atoms with Gasteiger partial charge >= 0.3 is 0 Å². The summed E-state index contributed by atoms with van der Waals surface area (Å²) in [4.78, 5) is 20.2. The van der Waals surface area contributed by atoms with Crippen LogP contribution in [0.1, 0.15) is 22.6 Å². The molecule has 1 amide bonds. The molecule has 0 spiro atoms. The van der Waals surface area contributed by atoms with Crippen LogP contribution >= 0.6 is 0 Å². The van der Waals surface area contributed by atoms with Crippen molar-refractivity contribution in [1.29, 1.82) is 0 Å². The van der Waals surface area contributed by atoms with E-state index in [1.54, 1.807) is 6.92 Å². The van der Waals surface area contributed by atoms with Gasteiger partial charge in [0.15, 0.2) is 0 Å². The molecule has 2 heterocycles. The number of fused-ring (bicyclic) bond motifs is 1. The smallest absolute Gasteiger partial charge is 0.271 e. The van der Waals surface area contributed by atoms with Gasteiger partial charge in [-0.05, 0) is 19.3 Å². The Morgan fingerprint density at radius 3 is 2.75 bits per heavy atom. The molecule has 7 nitrogen and oxygen atoms in total. The number of amides is 1. The number of carbonyl (C=O) groups excluding carboxylic acids is 1. The molecule has 0 unspecified atom stereocenters. The fourth-order valence-corrected chi connectivity index (χ4v) is 3.60. The molecule has 108 valence electrons. The van der Waals surface area contributed by atoms with Crippen LogP contribution in [0.5, 0.6) is 0 Å².